The van der Waals surface area contributed by atoms with Crippen molar-refractivity contribution < 1.29 is 4.79 Å². The summed E-state index contributed by atoms with van der Waals surface area (Å²) in [5.41, 5.74) is 6.65. The highest BCUT2D eigenvalue weighted by Crippen LogP contribution is 2.22. The molecule has 0 bridgehead atoms. The minimum absolute atomic E-state index is 0.143. The quantitative estimate of drug-likeness (QED) is 0.685. The molecule has 2 heterocycles. The number of nitrogens with one attached hydrogen (secondary N) is 1. The number of anilines is 1. The van der Waals surface area contributed by atoms with E-state index >= 15 is 0 Å². The van der Waals surface area contributed by atoms with Gasteiger partial charge in [-0.15, -0.1) is 0 Å². The molecule has 2 rings (SSSR count). The fraction of sp³-hybridized carbons (Fsp3) is 0.400. The van der Waals surface area contributed by atoms with Gasteiger partial charge in [0.05, 0.1) is 0 Å². The van der Waals surface area contributed by atoms with E-state index < -0.39 is 0 Å². The number of hydrogen-bond acceptors (Lipinski definition) is 3. The van der Waals surface area contributed by atoms with Crippen molar-refractivity contribution in [3.05, 3.63) is 23.9 Å². The van der Waals surface area contributed by atoms with Crippen LogP contribution in [0.2, 0.25) is 0 Å². The Balaban J connectivity index is 2.08. The summed E-state index contributed by atoms with van der Waals surface area (Å²) in [6.45, 7) is 0.713. The van der Waals surface area contributed by atoms with Crippen molar-refractivity contribution in [3.8, 4) is 0 Å². The van der Waals surface area contributed by atoms with E-state index in [0.717, 1.165) is 12.0 Å². The summed E-state index contributed by atoms with van der Waals surface area (Å²) in [7, 11) is 0. The van der Waals surface area contributed by atoms with Crippen molar-refractivity contribution >= 4 is 11.7 Å². The number of carbonyl (C=O) groups excluding carboxylic acids is 1. The molecule has 0 spiro atoms. The molecule has 0 aromatic carbocycles. The van der Waals surface area contributed by atoms with E-state index in [-0.39, 0.29) is 5.91 Å². The van der Waals surface area contributed by atoms with Crippen LogP contribution in [0.3, 0.4) is 0 Å². The van der Waals surface area contributed by atoms with Crippen molar-refractivity contribution in [3.63, 3.8) is 0 Å². The Hall–Kier alpha value is -1.58. The molecule has 1 saturated heterocycles. The number of aromatic nitrogens is 1. The van der Waals surface area contributed by atoms with Crippen LogP contribution >= 0.6 is 0 Å². The monoisotopic (exact) mass is 191 g/mol. The second kappa shape index (κ2) is 3.65. The average Bonchev–Trinajstić information content (AvgIpc) is 2.21. The molecule has 1 atom stereocenters. The lowest BCUT2D eigenvalue weighted by Gasteiger charge is -2.22. The molecular formula is C10H13N3O. The van der Waals surface area contributed by atoms with E-state index in [1.54, 1.807) is 12.3 Å². The van der Waals surface area contributed by atoms with Gasteiger partial charge in [-0.25, -0.2) is 4.98 Å². The predicted molar refractivity (Wildman–Crippen MR) is 53.6 cm³/mol. The molecule has 14 heavy (non-hydrogen) atoms. The van der Waals surface area contributed by atoms with Crippen LogP contribution in [0.5, 0.6) is 0 Å². The third-order valence-electron chi connectivity index (χ3n) is 2.55. The number of carbonyl (C=O) groups is 1. The van der Waals surface area contributed by atoms with Crippen LogP contribution < -0.4 is 11.1 Å². The van der Waals surface area contributed by atoms with Crippen molar-refractivity contribution in [2.45, 2.75) is 18.8 Å². The van der Waals surface area contributed by atoms with Crippen molar-refractivity contribution in [1.82, 2.24) is 10.3 Å². The molecule has 4 nitrogen and oxygen atoms in total. The third kappa shape index (κ3) is 1.84. The molecule has 0 saturated carbocycles. The lowest BCUT2D eigenvalue weighted by molar-refractivity contribution is -0.122. The van der Waals surface area contributed by atoms with Crippen molar-refractivity contribution in [1.29, 1.82) is 0 Å². The number of rotatable bonds is 1. The van der Waals surface area contributed by atoms with E-state index in [0.29, 0.717) is 24.7 Å². The molecule has 1 aromatic heterocycles. The minimum Gasteiger partial charge on any atom is -0.384 e. The van der Waals surface area contributed by atoms with Crippen molar-refractivity contribution in [2.24, 2.45) is 0 Å². The molecule has 4 heteroatoms. The fourth-order valence-electron chi connectivity index (χ4n) is 1.68. The van der Waals surface area contributed by atoms with Gasteiger partial charge in [-0.3, -0.25) is 4.79 Å². The number of nitrogens with two attached hydrogens (primary N) is 1. The number of pyridine rings is 1. The fourth-order valence-corrected chi connectivity index (χ4v) is 1.68. The largest absolute Gasteiger partial charge is 0.384 e. The van der Waals surface area contributed by atoms with Crippen LogP contribution in [0.25, 0.3) is 0 Å². The maximum Gasteiger partial charge on any atom is 0.220 e. The number of nitrogen functional groups attached to an aromatic ring is 1. The molecule has 1 amide bonds. The Morgan fingerprint density at radius 3 is 2.93 bits per heavy atom. The van der Waals surface area contributed by atoms with Crippen LogP contribution in [0.1, 0.15) is 24.3 Å². The Labute approximate surface area is 82.5 Å². The number of amides is 1. The highest BCUT2D eigenvalue weighted by atomic mass is 16.1. The molecule has 1 fully saturated rings. The second-order valence-electron chi connectivity index (χ2n) is 3.56. The minimum atomic E-state index is 0.143. The predicted octanol–water partition coefficient (Wildman–Crippen LogP) is 0.657. The molecule has 0 aliphatic carbocycles. The zero-order valence-electron chi connectivity index (χ0n) is 7.86. The van der Waals surface area contributed by atoms with E-state index in [1.807, 2.05) is 6.07 Å². The van der Waals surface area contributed by atoms with Crippen LogP contribution in [-0.2, 0) is 4.79 Å². The highest BCUT2D eigenvalue weighted by molar-refractivity contribution is 5.76. The van der Waals surface area contributed by atoms with Gasteiger partial charge in [0.1, 0.15) is 5.82 Å². The second-order valence-corrected chi connectivity index (χ2v) is 3.56. The summed E-state index contributed by atoms with van der Waals surface area (Å²) in [6, 6.07) is 3.77. The first-order valence-electron chi connectivity index (χ1n) is 4.74. The van der Waals surface area contributed by atoms with Crippen LogP contribution in [0, 0.1) is 0 Å². The maximum absolute atomic E-state index is 10.9. The Bertz CT molecular complexity index is 324. The summed E-state index contributed by atoms with van der Waals surface area (Å²) < 4.78 is 0. The first-order chi connectivity index (χ1) is 6.75. The summed E-state index contributed by atoms with van der Waals surface area (Å²) >= 11 is 0. The van der Waals surface area contributed by atoms with Gasteiger partial charge in [0.2, 0.25) is 5.91 Å². The summed E-state index contributed by atoms with van der Waals surface area (Å²) in [4.78, 5) is 15.0. The van der Waals surface area contributed by atoms with Gasteiger partial charge in [0.15, 0.2) is 0 Å². The summed E-state index contributed by atoms with van der Waals surface area (Å²) in [5.74, 6) is 1.07. The standard InChI is InChI=1S/C10H13N3O/c11-9-3-1-7(5-12-9)8-2-4-10(14)13-6-8/h1,3,5,8H,2,4,6H2,(H2,11,12)(H,13,14)/t8-/m1/s1. The molecule has 1 aliphatic heterocycles. The van der Waals surface area contributed by atoms with Gasteiger partial charge >= 0.3 is 0 Å². The summed E-state index contributed by atoms with van der Waals surface area (Å²) in [5, 5.41) is 2.85. The van der Waals surface area contributed by atoms with Gasteiger partial charge in [-0.2, -0.15) is 0 Å². The maximum atomic E-state index is 10.9. The first kappa shape index (κ1) is 8.99. The average molecular weight is 191 g/mol. The first-order valence-corrected chi connectivity index (χ1v) is 4.74. The lowest BCUT2D eigenvalue weighted by atomic mass is 9.93. The van der Waals surface area contributed by atoms with Gasteiger partial charge in [-0.1, -0.05) is 6.07 Å². The molecular weight excluding hydrogens is 178 g/mol. The zero-order valence-corrected chi connectivity index (χ0v) is 7.86. The third-order valence-corrected chi connectivity index (χ3v) is 2.55. The number of nitrogens with zero attached hydrogens (tertiary/aromatic N) is 1. The molecule has 3 N–H and O–H groups in total. The van der Waals surface area contributed by atoms with E-state index in [1.165, 1.54) is 0 Å². The van der Waals surface area contributed by atoms with Crippen molar-refractivity contribution in [2.75, 3.05) is 12.3 Å². The Morgan fingerprint density at radius 1 is 1.50 bits per heavy atom. The Kier molecular flexibility index (Phi) is 2.35. The van der Waals surface area contributed by atoms with E-state index in [4.69, 9.17) is 5.73 Å². The molecule has 0 unspecified atom stereocenters. The zero-order chi connectivity index (χ0) is 9.97. The molecule has 1 aromatic rings. The van der Waals surface area contributed by atoms with E-state index in [2.05, 4.69) is 10.3 Å². The van der Waals surface area contributed by atoms with Crippen LogP contribution in [0.4, 0.5) is 5.82 Å². The smallest absolute Gasteiger partial charge is 0.220 e. The summed E-state index contributed by atoms with van der Waals surface area (Å²) in [6.07, 6.45) is 3.30. The van der Waals surface area contributed by atoms with Gasteiger partial charge in [0, 0.05) is 25.1 Å². The van der Waals surface area contributed by atoms with Gasteiger partial charge in [0.25, 0.3) is 0 Å². The normalized spacial score (nSPS) is 21.7. The highest BCUT2D eigenvalue weighted by Gasteiger charge is 2.19. The Morgan fingerprint density at radius 2 is 2.36 bits per heavy atom. The lowest BCUT2D eigenvalue weighted by Crippen LogP contribution is -2.33. The molecule has 0 radical (unpaired) electrons. The van der Waals surface area contributed by atoms with Crippen LogP contribution in [-0.4, -0.2) is 17.4 Å². The number of hydrogen-bond donors (Lipinski definition) is 2. The topological polar surface area (TPSA) is 68.0 Å². The van der Waals surface area contributed by atoms with Gasteiger partial charge < -0.3 is 11.1 Å². The molecule has 74 valence electrons. The number of piperidine rings is 1. The molecule has 1 aliphatic rings. The van der Waals surface area contributed by atoms with E-state index in [9.17, 15) is 4.79 Å². The SMILES string of the molecule is Nc1ccc([C@@H]2CCC(=O)NC2)cn1. The van der Waals surface area contributed by atoms with Crippen LogP contribution in [0.15, 0.2) is 18.3 Å². The van der Waals surface area contributed by atoms with Gasteiger partial charge in [-0.05, 0) is 18.1 Å².